The number of amides is 1. The third kappa shape index (κ3) is 4.42. The first-order valence-electron chi connectivity index (χ1n) is 9.71. The SMILES string of the molecule is COc1cc(CNC(=O)c2ccc(NC3=NS(=O)(=O)c4ccccc43)cc2)cc(OC)c1. The topological polar surface area (TPSA) is 106 Å². The van der Waals surface area contributed by atoms with Crippen LogP contribution in [0.15, 0.2) is 76.0 Å². The molecule has 1 heterocycles. The molecule has 4 rings (SSSR count). The second-order valence-corrected chi connectivity index (χ2v) is 8.59. The second-order valence-electron chi connectivity index (χ2n) is 7.02. The van der Waals surface area contributed by atoms with E-state index in [4.69, 9.17) is 9.47 Å². The van der Waals surface area contributed by atoms with E-state index in [0.717, 1.165) is 5.56 Å². The number of amidine groups is 1. The number of rotatable bonds is 6. The van der Waals surface area contributed by atoms with E-state index >= 15 is 0 Å². The second kappa shape index (κ2) is 8.72. The first kappa shape index (κ1) is 21.4. The molecule has 32 heavy (non-hydrogen) atoms. The van der Waals surface area contributed by atoms with E-state index in [0.29, 0.717) is 34.9 Å². The van der Waals surface area contributed by atoms with Crippen LogP contribution in [0.3, 0.4) is 0 Å². The van der Waals surface area contributed by atoms with E-state index in [1.165, 1.54) is 6.07 Å². The predicted octanol–water partition coefficient (Wildman–Crippen LogP) is 3.19. The number of carbonyl (C=O) groups is 1. The summed E-state index contributed by atoms with van der Waals surface area (Å²) in [6.45, 7) is 0.303. The first-order chi connectivity index (χ1) is 15.4. The molecule has 0 saturated heterocycles. The molecule has 0 radical (unpaired) electrons. The number of nitrogens with one attached hydrogen (secondary N) is 2. The van der Waals surface area contributed by atoms with Crippen molar-refractivity contribution in [3.05, 3.63) is 83.4 Å². The van der Waals surface area contributed by atoms with Gasteiger partial charge in [0.05, 0.1) is 14.2 Å². The Kier molecular flexibility index (Phi) is 5.83. The Bertz CT molecular complexity index is 1280. The normalized spacial score (nSPS) is 13.6. The van der Waals surface area contributed by atoms with Crippen molar-refractivity contribution in [2.45, 2.75) is 11.4 Å². The number of fused-ring (bicyclic) bond motifs is 1. The zero-order chi connectivity index (χ0) is 22.7. The number of hydrogen-bond donors (Lipinski definition) is 2. The highest BCUT2D eigenvalue weighted by atomic mass is 32.2. The molecule has 0 spiro atoms. The molecule has 1 aliphatic rings. The zero-order valence-electron chi connectivity index (χ0n) is 17.5. The van der Waals surface area contributed by atoms with Gasteiger partial charge in [-0.15, -0.1) is 4.40 Å². The minimum atomic E-state index is -3.70. The lowest BCUT2D eigenvalue weighted by atomic mass is 10.1. The lowest BCUT2D eigenvalue weighted by Crippen LogP contribution is -2.22. The van der Waals surface area contributed by atoms with Gasteiger partial charge in [-0.05, 0) is 54.1 Å². The van der Waals surface area contributed by atoms with Crippen molar-refractivity contribution in [2.75, 3.05) is 19.5 Å². The first-order valence-corrected chi connectivity index (χ1v) is 11.2. The van der Waals surface area contributed by atoms with Crippen molar-refractivity contribution in [3.63, 3.8) is 0 Å². The number of sulfonamides is 1. The minimum absolute atomic E-state index is 0.174. The summed E-state index contributed by atoms with van der Waals surface area (Å²) in [6.07, 6.45) is 0. The molecule has 0 fully saturated rings. The van der Waals surface area contributed by atoms with Crippen LogP contribution in [0, 0.1) is 0 Å². The molecule has 0 atom stereocenters. The lowest BCUT2D eigenvalue weighted by molar-refractivity contribution is 0.0951. The predicted molar refractivity (Wildman–Crippen MR) is 121 cm³/mol. The molecule has 2 N–H and O–H groups in total. The maximum atomic E-state index is 12.5. The Morgan fingerprint density at radius 2 is 1.59 bits per heavy atom. The van der Waals surface area contributed by atoms with Gasteiger partial charge in [0.2, 0.25) is 0 Å². The molecule has 0 aliphatic carbocycles. The van der Waals surface area contributed by atoms with Crippen molar-refractivity contribution in [2.24, 2.45) is 4.40 Å². The van der Waals surface area contributed by atoms with E-state index in [9.17, 15) is 13.2 Å². The number of benzene rings is 3. The highest BCUT2D eigenvalue weighted by Crippen LogP contribution is 2.27. The van der Waals surface area contributed by atoms with E-state index in [-0.39, 0.29) is 16.6 Å². The largest absolute Gasteiger partial charge is 0.497 e. The molecule has 0 bridgehead atoms. The summed E-state index contributed by atoms with van der Waals surface area (Å²) in [5.41, 5.74) is 2.44. The van der Waals surface area contributed by atoms with Crippen LogP contribution in [-0.2, 0) is 16.6 Å². The van der Waals surface area contributed by atoms with Crippen molar-refractivity contribution in [1.29, 1.82) is 0 Å². The van der Waals surface area contributed by atoms with Crippen LogP contribution >= 0.6 is 0 Å². The molecule has 8 nitrogen and oxygen atoms in total. The van der Waals surface area contributed by atoms with Crippen LogP contribution in [0.5, 0.6) is 11.5 Å². The summed E-state index contributed by atoms with van der Waals surface area (Å²) in [7, 11) is -0.562. The zero-order valence-corrected chi connectivity index (χ0v) is 18.3. The Hall–Kier alpha value is -3.85. The van der Waals surface area contributed by atoms with E-state index in [1.54, 1.807) is 62.8 Å². The van der Waals surface area contributed by atoms with Crippen molar-refractivity contribution in [3.8, 4) is 11.5 Å². The summed E-state index contributed by atoms with van der Waals surface area (Å²) in [5, 5.41) is 5.87. The van der Waals surface area contributed by atoms with E-state index in [1.807, 2.05) is 12.1 Å². The Morgan fingerprint density at radius 3 is 2.25 bits per heavy atom. The standard InChI is InChI=1S/C23H21N3O5S/c1-30-18-11-15(12-19(13-18)31-2)14-24-23(27)16-7-9-17(10-8-16)25-22-20-5-3-4-6-21(20)32(28,29)26-22/h3-13H,14H2,1-2H3,(H,24,27)(H,25,26). The van der Waals surface area contributed by atoms with Crippen LogP contribution in [-0.4, -0.2) is 34.4 Å². The van der Waals surface area contributed by atoms with Gasteiger partial charge in [-0.25, -0.2) is 0 Å². The maximum Gasteiger partial charge on any atom is 0.285 e. The van der Waals surface area contributed by atoms with Gasteiger partial charge >= 0.3 is 0 Å². The fourth-order valence-electron chi connectivity index (χ4n) is 3.29. The van der Waals surface area contributed by atoms with E-state index in [2.05, 4.69) is 15.0 Å². The summed E-state index contributed by atoms with van der Waals surface area (Å²) in [6, 6.07) is 18.7. The number of ether oxygens (including phenoxy) is 2. The van der Waals surface area contributed by atoms with Crippen molar-refractivity contribution < 1.29 is 22.7 Å². The molecular formula is C23H21N3O5S. The van der Waals surface area contributed by atoms with Crippen LogP contribution < -0.4 is 20.1 Å². The summed E-state index contributed by atoms with van der Waals surface area (Å²) >= 11 is 0. The van der Waals surface area contributed by atoms with E-state index < -0.39 is 10.0 Å². The molecule has 1 amide bonds. The molecule has 1 aliphatic heterocycles. The molecule has 0 aromatic heterocycles. The third-order valence-electron chi connectivity index (χ3n) is 4.91. The highest BCUT2D eigenvalue weighted by Gasteiger charge is 2.28. The van der Waals surface area contributed by atoms with Gasteiger partial charge in [0, 0.05) is 29.4 Å². The van der Waals surface area contributed by atoms with Crippen LogP contribution in [0.2, 0.25) is 0 Å². The highest BCUT2D eigenvalue weighted by molar-refractivity contribution is 7.90. The summed E-state index contributed by atoms with van der Waals surface area (Å²) in [5.74, 6) is 1.29. The van der Waals surface area contributed by atoms with Gasteiger partial charge < -0.3 is 20.1 Å². The number of nitrogens with zero attached hydrogens (tertiary/aromatic N) is 1. The summed E-state index contributed by atoms with van der Waals surface area (Å²) < 4.78 is 38.6. The van der Waals surface area contributed by atoms with Crippen molar-refractivity contribution in [1.82, 2.24) is 5.32 Å². The number of methoxy groups -OCH3 is 2. The number of hydrogen-bond acceptors (Lipinski definition) is 6. The van der Waals surface area contributed by atoms with Gasteiger partial charge in [-0.2, -0.15) is 8.42 Å². The number of carbonyl (C=O) groups excluding carboxylic acids is 1. The Balaban J connectivity index is 1.43. The molecule has 3 aromatic carbocycles. The molecule has 164 valence electrons. The van der Waals surface area contributed by atoms with Gasteiger partial charge in [0.25, 0.3) is 15.9 Å². The quantitative estimate of drug-likeness (QED) is 0.596. The van der Waals surface area contributed by atoms with Crippen LogP contribution in [0.1, 0.15) is 21.5 Å². The average Bonchev–Trinajstić information content (AvgIpc) is 3.07. The third-order valence-corrected chi connectivity index (χ3v) is 6.24. The molecule has 3 aromatic rings. The van der Waals surface area contributed by atoms with Gasteiger partial charge in [0.15, 0.2) is 5.84 Å². The lowest BCUT2D eigenvalue weighted by Gasteiger charge is -2.10. The van der Waals surface area contributed by atoms with Crippen molar-refractivity contribution >= 4 is 27.5 Å². The monoisotopic (exact) mass is 451 g/mol. The van der Waals surface area contributed by atoms with Gasteiger partial charge in [0.1, 0.15) is 16.4 Å². The maximum absolute atomic E-state index is 12.5. The summed E-state index contributed by atoms with van der Waals surface area (Å²) in [4.78, 5) is 12.7. The van der Waals surface area contributed by atoms with Crippen LogP contribution in [0.4, 0.5) is 5.69 Å². The Labute approximate surface area is 186 Å². The fourth-order valence-corrected chi connectivity index (χ4v) is 4.47. The average molecular weight is 452 g/mol. The van der Waals surface area contributed by atoms with Gasteiger partial charge in [-0.3, -0.25) is 4.79 Å². The smallest absolute Gasteiger partial charge is 0.285 e. The molecular weight excluding hydrogens is 430 g/mol. The van der Waals surface area contributed by atoms with Crippen LogP contribution in [0.25, 0.3) is 0 Å². The molecule has 9 heteroatoms. The Morgan fingerprint density at radius 1 is 0.938 bits per heavy atom. The number of anilines is 1. The molecule has 0 unspecified atom stereocenters. The minimum Gasteiger partial charge on any atom is -0.497 e. The fraction of sp³-hybridized carbons (Fsp3) is 0.130. The molecule has 0 saturated carbocycles. The van der Waals surface area contributed by atoms with Gasteiger partial charge in [-0.1, -0.05) is 12.1 Å².